The molecule has 1 rings (SSSR count). The molecule has 0 aliphatic carbocycles. The number of benzene rings is 1. The van der Waals surface area contributed by atoms with Crippen LogP contribution < -0.4 is 21.2 Å². The molecule has 0 saturated heterocycles. The van der Waals surface area contributed by atoms with Gasteiger partial charge >= 0.3 is 74.7 Å². The summed E-state index contributed by atoms with van der Waals surface area (Å²) in [7, 11) is 0. The molecule has 0 aromatic heterocycles. The minimum absolute atomic E-state index is 0.246. The van der Waals surface area contributed by atoms with Crippen LogP contribution in [-0.2, 0) is 0 Å². The van der Waals surface area contributed by atoms with Crippen molar-refractivity contribution in [2.75, 3.05) is 4.43 Å². The molecule has 0 bridgehead atoms. The molecule has 0 radical (unpaired) electrons. The predicted octanol–water partition coefficient (Wildman–Crippen LogP) is -0.757. The van der Waals surface area contributed by atoms with Gasteiger partial charge in [0.15, 0.2) is 0 Å². The van der Waals surface area contributed by atoms with E-state index in [2.05, 4.69) is 0 Å². The average molecular weight is 269 g/mol. The molecule has 0 spiro atoms. The van der Waals surface area contributed by atoms with Gasteiger partial charge < -0.3 is 0 Å². The summed E-state index contributed by atoms with van der Waals surface area (Å²) in [6.45, 7) is 2.01. The first-order chi connectivity index (χ1) is 5.24. The van der Waals surface area contributed by atoms with Gasteiger partial charge in [-0.05, 0) is 0 Å². The van der Waals surface area contributed by atoms with Gasteiger partial charge in [0, 0.05) is 0 Å². The second-order valence-electron chi connectivity index (χ2n) is 1.96. The fourth-order valence-electron chi connectivity index (χ4n) is 0.723. The van der Waals surface area contributed by atoms with Crippen molar-refractivity contribution in [1.82, 2.24) is 0 Å². The van der Waals surface area contributed by atoms with Crippen LogP contribution >= 0.6 is 0 Å². The van der Waals surface area contributed by atoms with Crippen molar-refractivity contribution in [3.05, 3.63) is 33.4 Å². The first-order valence-corrected chi connectivity index (χ1v) is 5.88. The Morgan fingerprint density at radius 1 is 1.36 bits per heavy atom. The summed E-state index contributed by atoms with van der Waals surface area (Å²) in [4.78, 5) is 0. The van der Waals surface area contributed by atoms with Crippen LogP contribution in [0, 0.1) is 15.2 Å². The zero-order valence-corrected chi connectivity index (χ0v) is 8.23. The number of hydrogen-bond acceptors (Lipinski definition) is 0. The van der Waals surface area contributed by atoms with Crippen molar-refractivity contribution < 1.29 is 30.0 Å². The van der Waals surface area contributed by atoms with Crippen molar-refractivity contribution >= 4 is 0 Å². The van der Waals surface area contributed by atoms with E-state index in [1.54, 1.807) is 6.07 Å². The van der Waals surface area contributed by atoms with E-state index < -0.39 is 5.82 Å². The van der Waals surface area contributed by atoms with E-state index in [0.717, 1.165) is 10.5 Å². The average Bonchev–Trinajstić information content (AvgIpc) is 1.95. The van der Waals surface area contributed by atoms with Crippen LogP contribution in [0.2, 0.25) is 0 Å². The van der Waals surface area contributed by atoms with E-state index in [1.165, 1.54) is 6.07 Å². The zero-order chi connectivity index (χ0) is 8.27. The van der Waals surface area contributed by atoms with Crippen LogP contribution in [0.1, 0.15) is 6.92 Å². The van der Waals surface area contributed by atoms with Gasteiger partial charge in [-0.3, -0.25) is 0 Å². The van der Waals surface area contributed by atoms with Crippen LogP contribution in [0.5, 0.6) is 0 Å². The molecule has 0 saturated carbocycles. The molecular formula is C8H8F2I-. The van der Waals surface area contributed by atoms with Crippen molar-refractivity contribution in [1.29, 1.82) is 0 Å². The van der Waals surface area contributed by atoms with Gasteiger partial charge in [-0.25, -0.2) is 0 Å². The summed E-state index contributed by atoms with van der Waals surface area (Å²) in [5.41, 5.74) is 0. The van der Waals surface area contributed by atoms with Gasteiger partial charge in [0.25, 0.3) is 0 Å². The summed E-state index contributed by atoms with van der Waals surface area (Å²) in [6, 6.07) is 3.81. The summed E-state index contributed by atoms with van der Waals surface area (Å²) in [6.07, 6.45) is 0. The van der Waals surface area contributed by atoms with Crippen molar-refractivity contribution in [2.45, 2.75) is 6.92 Å². The van der Waals surface area contributed by atoms with Crippen LogP contribution in [-0.4, -0.2) is 4.43 Å². The molecule has 0 aliphatic rings. The molecule has 0 amide bonds. The van der Waals surface area contributed by atoms with Gasteiger partial charge in [-0.1, -0.05) is 0 Å². The van der Waals surface area contributed by atoms with Crippen LogP contribution in [0.25, 0.3) is 0 Å². The second-order valence-corrected chi connectivity index (χ2v) is 5.41. The SMILES string of the molecule is CC[I-]c1ccc(F)cc1F. The maximum atomic E-state index is 12.8. The Balaban J connectivity index is 2.90. The number of hydrogen-bond donors (Lipinski definition) is 0. The molecule has 0 atom stereocenters. The first kappa shape index (κ1) is 8.90. The van der Waals surface area contributed by atoms with E-state index in [-0.39, 0.29) is 27.0 Å². The Morgan fingerprint density at radius 2 is 2.09 bits per heavy atom. The Bertz CT molecular complexity index is 248. The Labute approximate surface area is 74.9 Å². The maximum absolute atomic E-state index is 12.8. The third-order valence-corrected chi connectivity index (χ3v) is 3.62. The molecule has 0 fully saturated rings. The van der Waals surface area contributed by atoms with Crippen molar-refractivity contribution in [3.8, 4) is 0 Å². The number of halogens is 3. The molecule has 62 valence electrons. The van der Waals surface area contributed by atoms with E-state index in [0.29, 0.717) is 3.57 Å². The molecule has 0 unspecified atom stereocenters. The summed E-state index contributed by atoms with van der Waals surface area (Å²) in [5.74, 6) is -0.883. The monoisotopic (exact) mass is 269 g/mol. The number of alkyl halides is 1. The standard InChI is InChI=1S/C8H8F2I/c1-2-11-8-4-3-6(9)5-7(8)10/h3-5H,2H2,1H3/q-1. The van der Waals surface area contributed by atoms with Gasteiger partial charge in [-0.15, -0.1) is 0 Å². The zero-order valence-electron chi connectivity index (χ0n) is 6.07. The van der Waals surface area contributed by atoms with Crippen LogP contribution in [0.15, 0.2) is 18.2 Å². The normalized spacial score (nSPS) is 10.5. The van der Waals surface area contributed by atoms with Crippen molar-refractivity contribution in [3.63, 3.8) is 0 Å². The first-order valence-electron chi connectivity index (χ1n) is 3.28. The van der Waals surface area contributed by atoms with Crippen molar-refractivity contribution in [2.24, 2.45) is 0 Å². The predicted molar refractivity (Wildman–Crippen MR) is 35.6 cm³/mol. The Hall–Kier alpha value is -0.190. The Kier molecular flexibility index (Phi) is 3.23. The molecule has 11 heavy (non-hydrogen) atoms. The van der Waals surface area contributed by atoms with E-state index >= 15 is 0 Å². The van der Waals surface area contributed by atoms with E-state index in [9.17, 15) is 8.78 Å². The molecule has 3 heteroatoms. The van der Waals surface area contributed by atoms with Crippen LogP contribution in [0.4, 0.5) is 8.78 Å². The fourth-order valence-corrected chi connectivity index (χ4v) is 2.50. The Morgan fingerprint density at radius 3 is 2.64 bits per heavy atom. The number of rotatable bonds is 2. The van der Waals surface area contributed by atoms with E-state index in [4.69, 9.17) is 0 Å². The third-order valence-electron chi connectivity index (χ3n) is 1.16. The quantitative estimate of drug-likeness (QED) is 0.376. The summed E-state index contributed by atoms with van der Waals surface area (Å²) >= 11 is -0.246. The second kappa shape index (κ2) is 3.99. The molecule has 0 heterocycles. The van der Waals surface area contributed by atoms with Gasteiger partial charge in [0.05, 0.1) is 0 Å². The molecule has 1 aromatic rings. The molecule has 1 aromatic carbocycles. The third kappa shape index (κ3) is 2.39. The van der Waals surface area contributed by atoms with Gasteiger partial charge in [0.1, 0.15) is 0 Å². The molecule has 0 N–H and O–H groups in total. The summed E-state index contributed by atoms with van der Waals surface area (Å²) in [5, 5.41) is 0. The minimum atomic E-state index is -0.494. The summed E-state index contributed by atoms with van der Waals surface area (Å²) < 4.78 is 26.9. The molecule has 0 nitrogen and oxygen atoms in total. The molecular weight excluding hydrogens is 261 g/mol. The topological polar surface area (TPSA) is 0 Å². The van der Waals surface area contributed by atoms with Gasteiger partial charge in [0.2, 0.25) is 0 Å². The molecule has 0 aliphatic heterocycles. The fraction of sp³-hybridized carbons (Fsp3) is 0.250. The van der Waals surface area contributed by atoms with Gasteiger partial charge in [-0.2, -0.15) is 0 Å². The van der Waals surface area contributed by atoms with E-state index in [1.807, 2.05) is 6.92 Å². The van der Waals surface area contributed by atoms with Crippen LogP contribution in [0.3, 0.4) is 0 Å².